The van der Waals surface area contributed by atoms with Crippen molar-refractivity contribution in [1.29, 1.82) is 5.41 Å². The lowest BCUT2D eigenvalue weighted by Gasteiger charge is -2.20. The summed E-state index contributed by atoms with van der Waals surface area (Å²) in [7, 11) is 0. The molecular formula is C19H17N5OS. The quantitative estimate of drug-likeness (QED) is 0.826. The minimum Gasteiger partial charge on any atom is -0.317 e. The van der Waals surface area contributed by atoms with E-state index in [2.05, 4.69) is 36.1 Å². The Morgan fingerprint density at radius 3 is 2.58 bits per heavy atom. The summed E-state index contributed by atoms with van der Waals surface area (Å²) in [5.74, 6) is -0.355. The predicted molar refractivity (Wildman–Crippen MR) is 106 cm³/mol. The number of amidine groups is 2. The first-order valence-corrected chi connectivity index (χ1v) is 8.98. The molecule has 0 atom stereocenters. The van der Waals surface area contributed by atoms with Gasteiger partial charge in [-0.05, 0) is 61.9 Å². The summed E-state index contributed by atoms with van der Waals surface area (Å²) in [5, 5.41) is 15.3. The van der Waals surface area contributed by atoms with Gasteiger partial charge >= 0.3 is 0 Å². The molecule has 1 N–H and O–H groups in total. The molecule has 0 saturated heterocycles. The summed E-state index contributed by atoms with van der Waals surface area (Å²) in [6, 6.07) is 9.99. The van der Waals surface area contributed by atoms with E-state index in [-0.39, 0.29) is 11.4 Å². The minimum atomic E-state index is -0.409. The third kappa shape index (κ3) is 2.61. The van der Waals surface area contributed by atoms with E-state index < -0.39 is 5.91 Å². The van der Waals surface area contributed by atoms with Gasteiger partial charge in [0, 0.05) is 11.9 Å². The molecule has 2 aliphatic rings. The smallest absolute Gasteiger partial charge is 0.283 e. The number of aryl methyl sites for hydroxylation is 2. The number of hydrogen-bond acceptors (Lipinski definition) is 4. The maximum atomic E-state index is 12.5. The van der Waals surface area contributed by atoms with Crippen molar-refractivity contribution >= 4 is 39.8 Å². The molecule has 2 aliphatic heterocycles. The molecule has 26 heavy (non-hydrogen) atoms. The monoisotopic (exact) mass is 363 g/mol. The lowest BCUT2D eigenvalue weighted by atomic mass is 10.1. The number of benzene rings is 1. The second-order valence-corrected chi connectivity index (χ2v) is 7.34. The van der Waals surface area contributed by atoms with E-state index in [1.54, 1.807) is 6.08 Å². The van der Waals surface area contributed by atoms with E-state index in [4.69, 9.17) is 5.41 Å². The van der Waals surface area contributed by atoms with Crippen molar-refractivity contribution in [2.75, 3.05) is 0 Å². The third-order valence-electron chi connectivity index (χ3n) is 4.31. The van der Waals surface area contributed by atoms with Gasteiger partial charge in [0.2, 0.25) is 5.17 Å². The summed E-state index contributed by atoms with van der Waals surface area (Å²) in [6.45, 7) is 5.95. The van der Waals surface area contributed by atoms with E-state index in [9.17, 15) is 4.79 Å². The van der Waals surface area contributed by atoms with Crippen LogP contribution in [0.3, 0.4) is 0 Å². The first-order chi connectivity index (χ1) is 12.5. The van der Waals surface area contributed by atoms with Crippen LogP contribution in [0, 0.1) is 19.3 Å². The molecule has 0 saturated carbocycles. The van der Waals surface area contributed by atoms with Crippen LogP contribution in [0.25, 0.3) is 11.8 Å². The van der Waals surface area contributed by atoms with Crippen LogP contribution in [0.2, 0.25) is 0 Å². The molecule has 130 valence electrons. The molecule has 0 unspecified atom stereocenters. The van der Waals surface area contributed by atoms with Gasteiger partial charge in [-0.1, -0.05) is 18.2 Å². The molecule has 4 rings (SSSR count). The standard InChI is InChI=1S/C19H17N5OS/c1-11-6-4-7-12(2)16(11)23-9-5-8-14(23)10-15-17(20)24-19(21-18(15)25)26-13(3)22-24/h4-10,20H,1-3H3/b15-10-,20-17?. The molecule has 0 radical (unpaired) electrons. The number of aromatic nitrogens is 1. The van der Waals surface area contributed by atoms with Gasteiger partial charge in [0.1, 0.15) is 0 Å². The first kappa shape index (κ1) is 16.5. The Balaban J connectivity index is 1.81. The molecule has 2 aromatic rings. The van der Waals surface area contributed by atoms with Gasteiger partial charge in [0.25, 0.3) is 5.91 Å². The summed E-state index contributed by atoms with van der Waals surface area (Å²) in [4.78, 5) is 16.5. The van der Waals surface area contributed by atoms with Gasteiger partial charge in [0.15, 0.2) is 5.84 Å². The van der Waals surface area contributed by atoms with E-state index in [0.717, 1.165) is 27.6 Å². The predicted octanol–water partition coefficient (Wildman–Crippen LogP) is 3.73. The van der Waals surface area contributed by atoms with Crippen LogP contribution in [0.4, 0.5) is 0 Å². The van der Waals surface area contributed by atoms with Crippen molar-refractivity contribution in [3.63, 3.8) is 0 Å². The van der Waals surface area contributed by atoms with Crippen molar-refractivity contribution < 1.29 is 4.79 Å². The second kappa shape index (κ2) is 6.10. The first-order valence-electron chi connectivity index (χ1n) is 8.16. The Hall–Kier alpha value is -2.93. The largest absolute Gasteiger partial charge is 0.317 e. The fourth-order valence-corrected chi connectivity index (χ4v) is 3.87. The van der Waals surface area contributed by atoms with E-state index in [0.29, 0.717) is 5.17 Å². The number of rotatable bonds is 2. The molecule has 0 spiro atoms. The number of nitrogens with zero attached hydrogens (tertiary/aromatic N) is 4. The SMILES string of the molecule is CC1=NN2C(=N)/C(=C/c3cccn3-c3c(C)cccc3C)C(=O)N=C2S1. The van der Waals surface area contributed by atoms with Crippen LogP contribution in [0.5, 0.6) is 0 Å². The number of thioether (sulfide) groups is 1. The highest BCUT2D eigenvalue weighted by molar-refractivity contribution is 8.26. The summed E-state index contributed by atoms with van der Waals surface area (Å²) in [6.07, 6.45) is 3.67. The van der Waals surface area contributed by atoms with Crippen molar-refractivity contribution in [2.45, 2.75) is 20.8 Å². The van der Waals surface area contributed by atoms with Gasteiger partial charge in [-0.25, -0.2) is 0 Å². The molecule has 6 nitrogen and oxygen atoms in total. The molecule has 3 heterocycles. The molecular weight excluding hydrogens is 346 g/mol. The van der Waals surface area contributed by atoms with Crippen molar-refractivity contribution in [1.82, 2.24) is 9.58 Å². The number of para-hydroxylation sites is 1. The number of aliphatic imine (C=N–C) groups is 1. The van der Waals surface area contributed by atoms with E-state index >= 15 is 0 Å². The number of fused-ring (bicyclic) bond motifs is 1. The normalized spacial score (nSPS) is 18.3. The molecule has 1 amide bonds. The Morgan fingerprint density at radius 1 is 1.12 bits per heavy atom. The average Bonchev–Trinajstić information content (AvgIpc) is 3.18. The second-order valence-electron chi connectivity index (χ2n) is 6.18. The van der Waals surface area contributed by atoms with E-state index in [1.807, 2.05) is 35.9 Å². The van der Waals surface area contributed by atoms with Crippen molar-refractivity contribution in [3.05, 3.63) is 58.9 Å². The van der Waals surface area contributed by atoms with Gasteiger partial charge in [-0.3, -0.25) is 10.2 Å². The fraction of sp³-hybridized carbons (Fsp3) is 0.158. The van der Waals surface area contributed by atoms with Crippen LogP contribution < -0.4 is 0 Å². The molecule has 1 aromatic heterocycles. The average molecular weight is 363 g/mol. The van der Waals surface area contributed by atoms with Crippen LogP contribution in [0.1, 0.15) is 23.7 Å². The molecule has 0 bridgehead atoms. The molecule has 0 aliphatic carbocycles. The zero-order valence-electron chi connectivity index (χ0n) is 14.6. The van der Waals surface area contributed by atoms with Crippen LogP contribution in [-0.2, 0) is 4.79 Å². The van der Waals surface area contributed by atoms with Crippen LogP contribution in [0.15, 0.2) is 52.2 Å². The highest BCUT2D eigenvalue weighted by Crippen LogP contribution is 2.29. The Bertz CT molecular complexity index is 1020. The maximum Gasteiger partial charge on any atom is 0.283 e. The molecule has 1 aromatic carbocycles. The Labute approximate surface area is 155 Å². The van der Waals surface area contributed by atoms with Gasteiger partial charge in [-0.15, -0.1) is 0 Å². The Kier molecular flexibility index (Phi) is 3.88. The number of amides is 1. The molecule has 0 fully saturated rings. The number of hydrogen-bond donors (Lipinski definition) is 1. The number of carbonyl (C=O) groups is 1. The van der Waals surface area contributed by atoms with E-state index in [1.165, 1.54) is 16.8 Å². The number of carbonyl (C=O) groups excluding carboxylic acids is 1. The van der Waals surface area contributed by atoms with Crippen LogP contribution in [-0.4, -0.2) is 31.5 Å². The Morgan fingerprint density at radius 2 is 1.85 bits per heavy atom. The fourth-order valence-electron chi connectivity index (χ4n) is 3.14. The van der Waals surface area contributed by atoms with Gasteiger partial charge in [-0.2, -0.15) is 15.1 Å². The zero-order chi connectivity index (χ0) is 18.4. The minimum absolute atomic E-state index is 0.0543. The maximum absolute atomic E-state index is 12.5. The lowest BCUT2D eigenvalue weighted by molar-refractivity contribution is -0.114. The van der Waals surface area contributed by atoms with Crippen LogP contribution >= 0.6 is 11.8 Å². The highest BCUT2D eigenvalue weighted by Gasteiger charge is 2.34. The number of hydrazone groups is 1. The third-order valence-corrected chi connectivity index (χ3v) is 5.13. The summed E-state index contributed by atoms with van der Waals surface area (Å²) >= 11 is 1.30. The zero-order valence-corrected chi connectivity index (χ0v) is 15.5. The highest BCUT2D eigenvalue weighted by atomic mass is 32.2. The van der Waals surface area contributed by atoms with Gasteiger partial charge < -0.3 is 4.57 Å². The van der Waals surface area contributed by atoms with Gasteiger partial charge in [0.05, 0.1) is 16.3 Å². The topological polar surface area (TPSA) is 73.8 Å². The van der Waals surface area contributed by atoms with Crippen molar-refractivity contribution in [2.24, 2.45) is 10.1 Å². The number of nitrogens with one attached hydrogen (secondary N) is 1. The molecule has 7 heteroatoms. The lowest BCUT2D eigenvalue weighted by Crippen LogP contribution is -2.35. The summed E-state index contributed by atoms with van der Waals surface area (Å²) < 4.78 is 2.03. The van der Waals surface area contributed by atoms with Crippen molar-refractivity contribution in [3.8, 4) is 5.69 Å². The summed E-state index contributed by atoms with van der Waals surface area (Å²) in [5.41, 5.74) is 4.42.